The van der Waals surface area contributed by atoms with Gasteiger partial charge in [-0.25, -0.2) is 0 Å². The highest BCUT2D eigenvalue weighted by Crippen LogP contribution is 2.55. The summed E-state index contributed by atoms with van der Waals surface area (Å²) in [5, 5.41) is 8.13. The minimum absolute atomic E-state index is 0.421. The van der Waals surface area contributed by atoms with Crippen molar-refractivity contribution in [3.8, 4) is 0 Å². The van der Waals surface area contributed by atoms with Gasteiger partial charge in [-0.3, -0.25) is 4.68 Å². The molecule has 0 aromatic carbocycles. The standard InChI is InChI=1S/C13H22BrN3/c1-4-8-15-12(13(3)6-7-13)11-10(14)9-16-17(11)5-2/h9,12,15H,4-8H2,1-3H3. The quantitative estimate of drug-likeness (QED) is 0.871. The largest absolute Gasteiger partial charge is 0.308 e. The van der Waals surface area contributed by atoms with Gasteiger partial charge in [0.1, 0.15) is 0 Å². The summed E-state index contributed by atoms with van der Waals surface area (Å²) >= 11 is 3.65. The molecule has 1 aliphatic rings. The van der Waals surface area contributed by atoms with Crippen LogP contribution in [0.15, 0.2) is 10.7 Å². The number of rotatable bonds is 6. The number of aryl methyl sites for hydroxylation is 1. The van der Waals surface area contributed by atoms with E-state index in [4.69, 9.17) is 0 Å². The molecule has 1 aromatic heterocycles. The van der Waals surface area contributed by atoms with Gasteiger partial charge < -0.3 is 5.32 Å². The van der Waals surface area contributed by atoms with Gasteiger partial charge >= 0.3 is 0 Å². The maximum absolute atomic E-state index is 4.43. The van der Waals surface area contributed by atoms with Crippen LogP contribution in [0.1, 0.15) is 51.8 Å². The van der Waals surface area contributed by atoms with Crippen LogP contribution in [0.3, 0.4) is 0 Å². The van der Waals surface area contributed by atoms with Gasteiger partial charge in [-0.2, -0.15) is 5.10 Å². The molecule has 0 radical (unpaired) electrons. The number of hydrogen-bond acceptors (Lipinski definition) is 2. The van der Waals surface area contributed by atoms with Crippen molar-refractivity contribution in [2.75, 3.05) is 6.54 Å². The molecule has 1 fully saturated rings. The normalized spacial score (nSPS) is 19.3. The second kappa shape index (κ2) is 5.11. The van der Waals surface area contributed by atoms with E-state index in [-0.39, 0.29) is 0 Å². The Balaban J connectivity index is 2.27. The first-order valence-electron chi connectivity index (χ1n) is 6.57. The Labute approximate surface area is 112 Å². The molecular formula is C13H22BrN3. The molecule has 0 aliphatic heterocycles. The summed E-state index contributed by atoms with van der Waals surface area (Å²) < 4.78 is 3.25. The zero-order valence-corrected chi connectivity index (χ0v) is 12.5. The topological polar surface area (TPSA) is 29.9 Å². The summed E-state index contributed by atoms with van der Waals surface area (Å²) in [5.41, 5.74) is 1.74. The molecule has 1 saturated carbocycles. The fraction of sp³-hybridized carbons (Fsp3) is 0.769. The fourth-order valence-electron chi connectivity index (χ4n) is 2.36. The zero-order chi connectivity index (χ0) is 12.5. The second-order valence-corrected chi connectivity index (χ2v) is 6.09. The Morgan fingerprint density at radius 2 is 2.24 bits per heavy atom. The number of hydrogen-bond donors (Lipinski definition) is 1. The minimum Gasteiger partial charge on any atom is -0.308 e. The molecule has 3 nitrogen and oxygen atoms in total. The molecule has 1 N–H and O–H groups in total. The van der Waals surface area contributed by atoms with Crippen LogP contribution in [0.4, 0.5) is 0 Å². The monoisotopic (exact) mass is 299 g/mol. The second-order valence-electron chi connectivity index (χ2n) is 5.23. The van der Waals surface area contributed by atoms with Crippen LogP contribution in [-0.4, -0.2) is 16.3 Å². The number of aromatic nitrogens is 2. The van der Waals surface area contributed by atoms with Crippen LogP contribution in [0.2, 0.25) is 0 Å². The molecule has 1 atom stereocenters. The lowest BCUT2D eigenvalue weighted by Crippen LogP contribution is -2.31. The van der Waals surface area contributed by atoms with E-state index >= 15 is 0 Å². The molecule has 0 saturated heterocycles. The predicted octanol–water partition coefficient (Wildman–Crippen LogP) is 3.51. The van der Waals surface area contributed by atoms with Gasteiger partial charge in [-0.05, 0) is 54.1 Å². The smallest absolute Gasteiger partial charge is 0.0701 e. The lowest BCUT2D eigenvalue weighted by molar-refractivity contribution is 0.343. The van der Waals surface area contributed by atoms with Crippen LogP contribution in [0.25, 0.3) is 0 Å². The van der Waals surface area contributed by atoms with Gasteiger partial charge in [-0.15, -0.1) is 0 Å². The molecule has 0 spiro atoms. The molecule has 17 heavy (non-hydrogen) atoms. The van der Waals surface area contributed by atoms with E-state index in [1.54, 1.807) is 0 Å². The van der Waals surface area contributed by atoms with E-state index in [0.717, 1.165) is 17.6 Å². The molecule has 1 unspecified atom stereocenters. The highest BCUT2D eigenvalue weighted by Gasteiger charge is 2.47. The first kappa shape index (κ1) is 13.1. The van der Waals surface area contributed by atoms with Gasteiger partial charge in [0.2, 0.25) is 0 Å². The minimum atomic E-state index is 0.421. The van der Waals surface area contributed by atoms with Crippen molar-refractivity contribution in [2.24, 2.45) is 5.41 Å². The van der Waals surface area contributed by atoms with Crippen molar-refractivity contribution in [1.29, 1.82) is 0 Å². The lowest BCUT2D eigenvalue weighted by Gasteiger charge is -2.26. The fourth-order valence-corrected chi connectivity index (χ4v) is 2.88. The van der Waals surface area contributed by atoms with E-state index in [1.165, 1.54) is 25.0 Å². The average molecular weight is 300 g/mol. The van der Waals surface area contributed by atoms with Gasteiger partial charge in [0.15, 0.2) is 0 Å². The highest BCUT2D eigenvalue weighted by molar-refractivity contribution is 9.10. The summed E-state index contributed by atoms with van der Waals surface area (Å²) in [6.07, 6.45) is 5.72. The van der Waals surface area contributed by atoms with Crippen LogP contribution in [0.5, 0.6) is 0 Å². The predicted molar refractivity (Wildman–Crippen MR) is 74.0 cm³/mol. The first-order chi connectivity index (χ1) is 8.12. The molecule has 0 bridgehead atoms. The molecule has 4 heteroatoms. The molecule has 1 heterocycles. The van der Waals surface area contributed by atoms with Gasteiger partial charge in [0.25, 0.3) is 0 Å². The summed E-state index contributed by atoms with van der Waals surface area (Å²) in [6, 6.07) is 0.430. The van der Waals surface area contributed by atoms with Crippen LogP contribution >= 0.6 is 15.9 Å². The van der Waals surface area contributed by atoms with Crippen molar-refractivity contribution >= 4 is 15.9 Å². The number of nitrogens with one attached hydrogen (secondary N) is 1. The van der Waals surface area contributed by atoms with Crippen molar-refractivity contribution < 1.29 is 0 Å². The van der Waals surface area contributed by atoms with Gasteiger partial charge in [-0.1, -0.05) is 13.8 Å². The van der Waals surface area contributed by atoms with Crippen molar-refractivity contribution in [1.82, 2.24) is 15.1 Å². The summed E-state index contributed by atoms with van der Waals surface area (Å²) in [4.78, 5) is 0. The molecule has 1 aliphatic carbocycles. The summed E-state index contributed by atoms with van der Waals surface area (Å²) in [6.45, 7) is 8.74. The Kier molecular flexibility index (Phi) is 3.93. The van der Waals surface area contributed by atoms with E-state index in [1.807, 2.05) is 6.20 Å². The average Bonchev–Trinajstić information content (AvgIpc) is 2.95. The Bertz CT molecular complexity index is 382. The molecule has 0 amide bonds. The lowest BCUT2D eigenvalue weighted by atomic mass is 9.95. The van der Waals surface area contributed by atoms with E-state index in [2.05, 4.69) is 51.8 Å². The Hall–Kier alpha value is -0.350. The first-order valence-corrected chi connectivity index (χ1v) is 7.36. The zero-order valence-electron chi connectivity index (χ0n) is 11.0. The SMILES string of the molecule is CCCNC(c1c(Br)cnn1CC)C1(C)CC1. The van der Waals surface area contributed by atoms with E-state index in [0.29, 0.717) is 11.5 Å². The van der Waals surface area contributed by atoms with Crippen LogP contribution in [0, 0.1) is 5.41 Å². The number of nitrogens with zero attached hydrogens (tertiary/aromatic N) is 2. The Morgan fingerprint density at radius 1 is 1.53 bits per heavy atom. The summed E-state index contributed by atoms with van der Waals surface area (Å²) in [7, 11) is 0. The van der Waals surface area contributed by atoms with Crippen molar-refractivity contribution in [2.45, 2.75) is 52.6 Å². The maximum Gasteiger partial charge on any atom is 0.0701 e. The van der Waals surface area contributed by atoms with Crippen LogP contribution in [-0.2, 0) is 6.54 Å². The van der Waals surface area contributed by atoms with E-state index < -0.39 is 0 Å². The Morgan fingerprint density at radius 3 is 2.76 bits per heavy atom. The van der Waals surface area contributed by atoms with Crippen LogP contribution < -0.4 is 5.32 Å². The molecule has 2 rings (SSSR count). The third-order valence-electron chi connectivity index (χ3n) is 3.74. The third-order valence-corrected chi connectivity index (χ3v) is 4.35. The van der Waals surface area contributed by atoms with Gasteiger partial charge in [0, 0.05) is 6.54 Å². The molecular weight excluding hydrogens is 278 g/mol. The summed E-state index contributed by atoms with van der Waals surface area (Å²) in [5.74, 6) is 0. The van der Waals surface area contributed by atoms with E-state index in [9.17, 15) is 0 Å². The van der Waals surface area contributed by atoms with Crippen molar-refractivity contribution in [3.05, 3.63) is 16.4 Å². The number of halogens is 1. The highest BCUT2D eigenvalue weighted by atomic mass is 79.9. The van der Waals surface area contributed by atoms with Gasteiger partial charge in [0.05, 0.1) is 22.4 Å². The van der Waals surface area contributed by atoms with Crippen molar-refractivity contribution in [3.63, 3.8) is 0 Å². The third kappa shape index (κ3) is 2.58. The molecule has 96 valence electrons. The maximum atomic E-state index is 4.43. The molecule has 1 aromatic rings.